The van der Waals surface area contributed by atoms with Gasteiger partial charge in [0, 0.05) is 16.4 Å². The van der Waals surface area contributed by atoms with Crippen LogP contribution in [0.15, 0.2) is 28.9 Å². The predicted molar refractivity (Wildman–Crippen MR) is 70.7 cm³/mol. The summed E-state index contributed by atoms with van der Waals surface area (Å²) >= 11 is 3.43. The molecule has 3 rings (SSSR count). The van der Waals surface area contributed by atoms with Crippen molar-refractivity contribution in [1.82, 2.24) is 14.4 Å². The zero-order valence-electron chi connectivity index (χ0n) is 9.35. The molecule has 0 fully saturated rings. The molecule has 6 heteroatoms. The van der Waals surface area contributed by atoms with Crippen LogP contribution in [0.25, 0.3) is 16.8 Å². The van der Waals surface area contributed by atoms with Crippen LogP contribution in [-0.4, -0.2) is 25.4 Å². The summed E-state index contributed by atoms with van der Waals surface area (Å²) < 4.78 is 2.93. The molecule has 5 nitrogen and oxygen atoms in total. The van der Waals surface area contributed by atoms with Crippen LogP contribution in [0.3, 0.4) is 0 Å². The molecule has 2 N–H and O–H groups in total. The number of benzene rings is 1. The Balaban J connectivity index is 2.07. The average Bonchev–Trinajstić information content (AvgIpc) is 2.84. The van der Waals surface area contributed by atoms with Gasteiger partial charge in [-0.15, -0.1) is 0 Å². The molecule has 0 aliphatic heterocycles. The first-order valence-electron chi connectivity index (χ1n) is 5.50. The summed E-state index contributed by atoms with van der Waals surface area (Å²) in [5, 5.41) is 8.67. The number of nitrogens with zero attached hydrogens (tertiary/aromatic N) is 2. The number of rotatable bonds is 3. The number of aryl methyl sites for hydroxylation is 1. The lowest BCUT2D eigenvalue weighted by Crippen LogP contribution is -1.97. The molecule has 2 heterocycles. The van der Waals surface area contributed by atoms with Gasteiger partial charge < -0.3 is 10.1 Å². The van der Waals surface area contributed by atoms with Gasteiger partial charge in [0.05, 0.1) is 17.5 Å². The summed E-state index contributed by atoms with van der Waals surface area (Å²) in [7, 11) is 0. The maximum absolute atomic E-state index is 10.5. The molecule has 0 atom stereocenters. The third-order valence-corrected chi connectivity index (χ3v) is 3.31. The monoisotopic (exact) mass is 307 g/mol. The fourth-order valence-corrected chi connectivity index (χ4v) is 2.33. The van der Waals surface area contributed by atoms with Crippen molar-refractivity contribution in [1.29, 1.82) is 0 Å². The Bertz CT molecular complexity index is 744. The molecule has 18 heavy (non-hydrogen) atoms. The number of hydrogen-bond acceptors (Lipinski definition) is 2. The van der Waals surface area contributed by atoms with Crippen LogP contribution in [0.4, 0.5) is 0 Å². The van der Waals surface area contributed by atoms with E-state index in [1.807, 2.05) is 28.8 Å². The van der Waals surface area contributed by atoms with Crippen molar-refractivity contribution in [2.75, 3.05) is 0 Å². The highest BCUT2D eigenvalue weighted by Gasteiger charge is 2.09. The minimum absolute atomic E-state index is 0.116. The smallest absolute Gasteiger partial charge is 0.303 e. The van der Waals surface area contributed by atoms with E-state index in [0.717, 1.165) is 27.0 Å². The van der Waals surface area contributed by atoms with Crippen LogP contribution in [0.1, 0.15) is 12.1 Å². The first-order chi connectivity index (χ1) is 8.63. The number of fused-ring (bicyclic) bond motifs is 3. The van der Waals surface area contributed by atoms with Crippen LogP contribution in [0, 0.1) is 0 Å². The zero-order chi connectivity index (χ0) is 12.7. The van der Waals surface area contributed by atoms with Gasteiger partial charge in [0.1, 0.15) is 0 Å². The fourth-order valence-electron chi connectivity index (χ4n) is 1.99. The molecule has 0 unspecified atom stereocenters. The molecule has 0 radical (unpaired) electrons. The van der Waals surface area contributed by atoms with E-state index in [9.17, 15) is 4.79 Å². The Morgan fingerprint density at radius 3 is 3.11 bits per heavy atom. The normalized spacial score (nSPS) is 11.4. The van der Waals surface area contributed by atoms with E-state index < -0.39 is 5.97 Å². The van der Waals surface area contributed by atoms with Gasteiger partial charge in [0.2, 0.25) is 5.78 Å². The minimum Gasteiger partial charge on any atom is -0.481 e. The summed E-state index contributed by atoms with van der Waals surface area (Å²) in [6.45, 7) is 0. The summed E-state index contributed by atoms with van der Waals surface area (Å²) in [5.74, 6) is -0.0571. The Morgan fingerprint density at radius 1 is 1.50 bits per heavy atom. The van der Waals surface area contributed by atoms with Gasteiger partial charge in [-0.3, -0.25) is 9.20 Å². The SMILES string of the molecule is O=C(O)CCc1cn2c(nc3ccc(Br)cc32)[nH]1. The van der Waals surface area contributed by atoms with E-state index in [4.69, 9.17) is 5.11 Å². The molecule has 0 saturated carbocycles. The number of hydrogen-bond donors (Lipinski definition) is 2. The fraction of sp³-hybridized carbons (Fsp3) is 0.167. The summed E-state index contributed by atoms with van der Waals surface area (Å²) in [5.41, 5.74) is 2.79. The van der Waals surface area contributed by atoms with Gasteiger partial charge in [-0.05, 0) is 24.6 Å². The van der Waals surface area contributed by atoms with E-state index in [0.29, 0.717) is 6.42 Å². The number of nitrogens with one attached hydrogen (secondary N) is 1. The largest absolute Gasteiger partial charge is 0.481 e. The van der Waals surface area contributed by atoms with E-state index in [1.54, 1.807) is 0 Å². The second kappa shape index (κ2) is 4.13. The molecular formula is C12H10BrN3O2. The number of carboxylic acid groups (broad SMARTS) is 1. The average molecular weight is 308 g/mol. The van der Waals surface area contributed by atoms with Gasteiger partial charge in [-0.2, -0.15) is 0 Å². The van der Waals surface area contributed by atoms with Crippen molar-refractivity contribution in [3.8, 4) is 0 Å². The third-order valence-electron chi connectivity index (χ3n) is 2.82. The summed E-state index contributed by atoms with van der Waals surface area (Å²) in [6.07, 6.45) is 2.50. The molecule has 1 aromatic carbocycles. The minimum atomic E-state index is -0.796. The van der Waals surface area contributed by atoms with Crippen molar-refractivity contribution >= 4 is 38.7 Å². The summed E-state index contributed by atoms with van der Waals surface area (Å²) in [6, 6.07) is 5.88. The number of halogens is 1. The number of carboxylic acids is 1. The quantitative estimate of drug-likeness (QED) is 0.781. The van der Waals surface area contributed by atoms with Gasteiger partial charge in [0.15, 0.2) is 0 Å². The maximum Gasteiger partial charge on any atom is 0.303 e. The highest BCUT2D eigenvalue weighted by Crippen LogP contribution is 2.21. The van der Waals surface area contributed by atoms with Crippen LogP contribution < -0.4 is 0 Å². The Kier molecular flexibility index (Phi) is 2.59. The molecule has 0 aliphatic rings. The molecule has 92 valence electrons. The number of carbonyl (C=O) groups is 1. The second-order valence-electron chi connectivity index (χ2n) is 4.11. The first-order valence-corrected chi connectivity index (χ1v) is 6.30. The Labute approximate surface area is 111 Å². The zero-order valence-corrected chi connectivity index (χ0v) is 10.9. The molecule has 2 aromatic heterocycles. The van der Waals surface area contributed by atoms with Crippen molar-refractivity contribution < 1.29 is 9.90 Å². The Morgan fingerprint density at radius 2 is 2.33 bits per heavy atom. The molecule has 0 bridgehead atoms. The van der Waals surface area contributed by atoms with E-state index in [1.165, 1.54) is 0 Å². The predicted octanol–water partition coefficient (Wildman–Crippen LogP) is 2.60. The molecule has 0 amide bonds. The van der Waals surface area contributed by atoms with Crippen molar-refractivity contribution in [3.63, 3.8) is 0 Å². The molecule has 0 spiro atoms. The van der Waals surface area contributed by atoms with Crippen LogP contribution in [0.2, 0.25) is 0 Å². The van der Waals surface area contributed by atoms with Gasteiger partial charge in [-0.1, -0.05) is 15.9 Å². The highest BCUT2D eigenvalue weighted by atomic mass is 79.9. The van der Waals surface area contributed by atoms with Crippen LogP contribution in [0.5, 0.6) is 0 Å². The van der Waals surface area contributed by atoms with E-state index in [-0.39, 0.29) is 6.42 Å². The maximum atomic E-state index is 10.5. The highest BCUT2D eigenvalue weighted by molar-refractivity contribution is 9.10. The number of aromatic amines is 1. The lowest BCUT2D eigenvalue weighted by Gasteiger charge is -1.93. The van der Waals surface area contributed by atoms with Crippen molar-refractivity contribution in [3.05, 3.63) is 34.6 Å². The number of aliphatic carboxylic acids is 1. The summed E-state index contributed by atoms with van der Waals surface area (Å²) in [4.78, 5) is 18.1. The van der Waals surface area contributed by atoms with Crippen molar-refractivity contribution in [2.24, 2.45) is 0 Å². The van der Waals surface area contributed by atoms with Gasteiger partial charge in [-0.25, -0.2) is 4.98 Å². The standard InChI is InChI=1S/C12H10BrN3O2/c13-7-1-3-9-10(5-7)16-6-8(2-4-11(17)18)14-12(16)15-9/h1,3,5-6H,2,4H2,(H,14,15)(H,17,18). The third kappa shape index (κ3) is 1.88. The van der Waals surface area contributed by atoms with Crippen LogP contribution in [-0.2, 0) is 11.2 Å². The topological polar surface area (TPSA) is 70.4 Å². The van der Waals surface area contributed by atoms with Crippen LogP contribution >= 0.6 is 15.9 Å². The molecule has 0 aliphatic carbocycles. The lowest BCUT2D eigenvalue weighted by atomic mass is 10.2. The first kappa shape index (κ1) is 11.3. The van der Waals surface area contributed by atoms with Crippen molar-refractivity contribution in [2.45, 2.75) is 12.8 Å². The number of H-pyrrole nitrogens is 1. The number of imidazole rings is 2. The van der Waals surface area contributed by atoms with Gasteiger partial charge >= 0.3 is 5.97 Å². The van der Waals surface area contributed by atoms with Gasteiger partial charge in [0.25, 0.3) is 0 Å². The second-order valence-corrected chi connectivity index (χ2v) is 5.03. The number of aromatic nitrogens is 3. The molecule has 0 saturated heterocycles. The molecular weight excluding hydrogens is 298 g/mol. The molecule has 3 aromatic rings. The van der Waals surface area contributed by atoms with E-state index in [2.05, 4.69) is 25.9 Å². The van der Waals surface area contributed by atoms with E-state index >= 15 is 0 Å². The lowest BCUT2D eigenvalue weighted by molar-refractivity contribution is -0.136. The Hall–Kier alpha value is -1.82.